The van der Waals surface area contributed by atoms with Crippen LogP contribution in [0.15, 0.2) is 47.7 Å². The number of fused-ring (bicyclic) bond motifs is 1. The number of ether oxygens (including phenoxy) is 3. The molecule has 1 amide bonds. The van der Waals surface area contributed by atoms with Gasteiger partial charge in [-0.15, -0.1) is 0 Å². The molecule has 0 radical (unpaired) electrons. The van der Waals surface area contributed by atoms with Crippen LogP contribution < -0.4 is 24.4 Å². The third-order valence-electron chi connectivity index (χ3n) is 6.28. The summed E-state index contributed by atoms with van der Waals surface area (Å²) in [6.07, 6.45) is 0.996. The first-order valence-electron chi connectivity index (χ1n) is 11.4. The van der Waals surface area contributed by atoms with Gasteiger partial charge in [0.2, 0.25) is 11.7 Å². The van der Waals surface area contributed by atoms with Crippen molar-refractivity contribution in [3.05, 3.63) is 53.2 Å². The van der Waals surface area contributed by atoms with Gasteiger partial charge in [-0.25, -0.2) is 0 Å². The molecular weight excluding hydrogens is 448 g/mol. The number of amides is 1. The van der Waals surface area contributed by atoms with Gasteiger partial charge >= 0.3 is 5.97 Å². The molecule has 2 aromatic rings. The fraction of sp³-hybridized carbons (Fsp3) is 0.370. The normalized spacial score (nSPS) is 18.6. The van der Waals surface area contributed by atoms with Crippen LogP contribution >= 0.6 is 0 Å². The highest BCUT2D eigenvalue weighted by Gasteiger charge is 2.43. The minimum atomic E-state index is -0.739. The van der Waals surface area contributed by atoms with Crippen LogP contribution in [0, 0.1) is 5.41 Å². The van der Waals surface area contributed by atoms with E-state index < -0.39 is 12.0 Å². The Morgan fingerprint density at radius 1 is 1.03 bits per heavy atom. The van der Waals surface area contributed by atoms with E-state index in [0.29, 0.717) is 29.7 Å². The second-order valence-electron chi connectivity index (χ2n) is 9.62. The molecule has 4 rings (SSSR count). The number of anilines is 2. The molecule has 8 nitrogen and oxygen atoms in total. The molecule has 0 fully saturated rings. The zero-order chi connectivity index (χ0) is 25.5. The maximum atomic E-state index is 13.7. The average molecular weight is 479 g/mol. The van der Waals surface area contributed by atoms with Gasteiger partial charge in [-0.05, 0) is 41.7 Å². The summed E-state index contributed by atoms with van der Waals surface area (Å²) in [6, 6.07) is 10.1. The molecule has 8 heteroatoms. The maximum Gasteiger partial charge on any atom is 0.308 e. The summed E-state index contributed by atoms with van der Waals surface area (Å²) < 4.78 is 16.4. The van der Waals surface area contributed by atoms with E-state index in [-0.39, 0.29) is 34.4 Å². The first kappa shape index (κ1) is 24.3. The number of esters is 1. The fourth-order valence-corrected chi connectivity index (χ4v) is 4.95. The molecule has 1 heterocycles. The van der Waals surface area contributed by atoms with Crippen LogP contribution in [0.1, 0.15) is 52.1 Å². The number of carbonyl (C=O) groups excluding carboxylic acids is 3. The number of carbonyl (C=O) groups is 3. The van der Waals surface area contributed by atoms with E-state index in [1.807, 2.05) is 24.3 Å². The molecule has 0 saturated heterocycles. The molecule has 0 spiro atoms. The van der Waals surface area contributed by atoms with E-state index in [9.17, 15) is 14.4 Å². The maximum absolute atomic E-state index is 13.7. The first-order valence-corrected chi connectivity index (χ1v) is 11.4. The van der Waals surface area contributed by atoms with Gasteiger partial charge in [0, 0.05) is 31.5 Å². The lowest BCUT2D eigenvalue weighted by Gasteiger charge is -2.37. The molecule has 1 unspecified atom stereocenters. The lowest BCUT2D eigenvalue weighted by molar-refractivity contribution is -0.132. The Morgan fingerprint density at radius 3 is 2.23 bits per heavy atom. The molecule has 1 aliphatic carbocycles. The van der Waals surface area contributed by atoms with Gasteiger partial charge in [0.1, 0.15) is 0 Å². The van der Waals surface area contributed by atoms with E-state index in [1.54, 1.807) is 17.0 Å². The van der Waals surface area contributed by atoms with Crippen LogP contribution in [-0.2, 0) is 14.4 Å². The minimum absolute atomic E-state index is 0.0326. The Balaban J connectivity index is 2.03. The fourth-order valence-electron chi connectivity index (χ4n) is 4.95. The third-order valence-corrected chi connectivity index (χ3v) is 6.28. The van der Waals surface area contributed by atoms with Gasteiger partial charge in [0.15, 0.2) is 17.3 Å². The minimum Gasteiger partial charge on any atom is -0.493 e. The Morgan fingerprint density at radius 2 is 1.66 bits per heavy atom. The predicted octanol–water partition coefficient (Wildman–Crippen LogP) is 4.79. The zero-order valence-corrected chi connectivity index (χ0v) is 20.9. The summed E-state index contributed by atoms with van der Waals surface area (Å²) in [7, 11) is 2.91. The molecule has 184 valence electrons. The van der Waals surface area contributed by atoms with Gasteiger partial charge < -0.3 is 19.5 Å². The number of Topliss-reactive ketones (excluding diaryl/α,β-unsaturated/α-hetero) is 1. The number of nitrogens with one attached hydrogen (secondary N) is 1. The number of methoxy groups -OCH3 is 2. The monoisotopic (exact) mass is 478 g/mol. The quantitative estimate of drug-likeness (QED) is 0.499. The Hall–Kier alpha value is -3.81. The van der Waals surface area contributed by atoms with Crippen LogP contribution in [0.25, 0.3) is 0 Å². The van der Waals surface area contributed by atoms with Gasteiger partial charge in [0.25, 0.3) is 0 Å². The Labute approximate surface area is 204 Å². The van der Waals surface area contributed by atoms with Crippen molar-refractivity contribution in [2.75, 3.05) is 24.4 Å². The highest BCUT2D eigenvalue weighted by molar-refractivity contribution is 6.06. The number of hydrogen-bond acceptors (Lipinski definition) is 7. The molecule has 1 atom stereocenters. The van der Waals surface area contributed by atoms with Crippen molar-refractivity contribution in [2.24, 2.45) is 5.41 Å². The first-order chi connectivity index (χ1) is 16.6. The standard InChI is InChI=1S/C27H30N2O6/c1-15(30)29-20-10-8-7-9-18(20)28-19-13-27(3,4)14-21(32)24(19)25(29)17-11-22(33-5)26(35-16(2)31)23(12-17)34-6/h7-12,25,28H,13-14H2,1-6H3. The second kappa shape index (κ2) is 9.09. The molecule has 1 N–H and O–H groups in total. The molecule has 0 saturated carbocycles. The van der Waals surface area contributed by atoms with E-state index in [4.69, 9.17) is 14.2 Å². The van der Waals surface area contributed by atoms with Crippen LogP contribution in [0.2, 0.25) is 0 Å². The van der Waals surface area contributed by atoms with Gasteiger partial charge in [-0.2, -0.15) is 0 Å². The van der Waals surface area contributed by atoms with Crippen LogP contribution in [-0.4, -0.2) is 31.9 Å². The summed E-state index contributed by atoms with van der Waals surface area (Å²) in [6.45, 7) is 6.89. The molecule has 0 bridgehead atoms. The second-order valence-corrected chi connectivity index (χ2v) is 9.62. The zero-order valence-electron chi connectivity index (χ0n) is 20.9. The van der Waals surface area contributed by atoms with E-state index in [1.165, 1.54) is 28.1 Å². The lowest BCUT2D eigenvalue weighted by Crippen LogP contribution is -2.38. The molecule has 2 aromatic carbocycles. The van der Waals surface area contributed by atoms with E-state index in [2.05, 4.69) is 19.2 Å². The SMILES string of the molecule is COc1cc(C2C3=C(CC(C)(C)CC3=O)Nc3ccccc3N2C(C)=O)cc(OC)c1OC(C)=O. The smallest absolute Gasteiger partial charge is 0.308 e. The van der Waals surface area contributed by atoms with Crippen molar-refractivity contribution in [3.8, 4) is 17.2 Å². The summed E-state index contributed by atoms with van der Waals surface area (Å²) in [5.41, 5.74) is 3.09. The Bertz CT molecular complexity index is 1220. The van der Waals surface area contributed by atoms with Crippen molar-refractivity contribution in [1.82, 2.24) is 0 Å². The molecule has 1 aliphatic heterocycles. The summed E-state index contributed by atoms with van der Waals surface area (Å²) >= 11 is 0. The number of benzene rings is 2. The van der Waals surface area contributed by atoms with E-state index in [0.717, 1.165) is 11.4 Å². The largest absolute Gasteiger partial charge is 0.493 e. The third kappa shape index (κ3) is 4.48. The van der Waals surface area contributed by atoms with Crippen LogP contribution in [0.3, 0.4) is 0 Å². The number of para-hydroxylation sites is 2. The van der Waals surface area contributed by atoms with Gasteiger partial charge in [0.05, 0.1) is 31.6 Å². The van der Waals surface area contributed by atoms with Crippen LogP contribution in [0.5, 0.6) is 17.2 Å². The van der Waals surface area contributed by atoms with E-state index >= 15 is 0 Å². The number of nitrogens with zero attached hydrogens (tertiary/aromatic N) is 1. The van der Waals surface area contributed by atoms with Crippen molar-refractivity contribution in [1.29, 1.82) is 0 Å². The average Bonchev–Trinajstić information content (AvgIpc) is 2.92. The van der Waals surface area contributed by atoms with Crippen molar-refractivity contribution in [2.45, 2.75) is 46.6 Å². The molecule has 2 aliphatic rings. The lowest BCUT2D eigenvalue weighted by atomic mass is 9.73. The highest BCUT2D eigenvalue weighted by atomic mass is 16.6. The van der Waals surface area contributed by atoms with Gasteiger partial charge in [-0.3, -0.25) is 19.3 Å². The number of allylic oxidation sites excluding steroid dienone is 1. The number of rotatable bonds is 4. The van der Waals surface area contributed by atoms with Crippen LogP contribution in [0.4, 0.5) is 11.4 Å². The Kier molecular flexibility index (Phi) is 6.32. The predicted molar refractivity (Wildman–Crippen MR) is 132 cm³/mol. The van der Waals surface area contributed by atoms with Gasteiger partial charge in [-0.1, -0.05) is 26.0 Å². The van der Waals surface area contributed by atoms with Crippen molar-refractivity contribution >= 4 is 29.0 Å². The molecule has 35 heavy (non-hydrogen) atoms. The summed E-state index contributed by atoms with van der Waals surface area (Å²) in [5, 5.41) is 3.46. The summed E-state index contributed by atoms with van der Waals surface area (Å²) in [4.78, 5) is 40.1. The number of hydrogen-bond donors (Lipinski definition) is 1. The molecular formula is C27H30N2O6. The molecule has 0 aromatic heterocycles. The van der Waals surface area contributed by atoms with Crippen molar-refractivity contribution in [3.63, 3.8) is 0 Å². The highest BCUT2D eigenvalue weighted by Crippen LogP contribution is 2.50. The summed E-state index contributed by atoms with van der Waals surface area (Å²) in [5.74, 6) is -0.129. The topological polar surface area (TPSA) is 94.2 Å². The number of ketones is 1. The van der Waals surface area contributed by atoms with Crippen molar-refractivity contribution < 1.29 is 28.6 Å².